The fraction of sp³-hybridized carbons (Fsp3) is 0.730. The van der Waals surface area contributed by atoms with Crippen LogP contribution in [0.3, 0.4) is 0 Å². The standard InChI is InChI=1S/C37H64N8/c1-6-7-20-43-21-23-44(24-22-43)35-25-36(45(28-30(2)3)29-31(4)5)42-37(41-35)40-27-33-16-14-32(15-17-33)26-38-18-11-19-39-34-12-9-8-10-13-34/h14-17,25,30-31,34,38-39H,6-13,18-24,26-29H2,1-5H3,(H,40,41,42). The summed E-state index contributed by atoms with van der Waals surface area (Å²) in [6.07, 6.45) is 10.6. The van der Waals surface area contributed by atoms with E-state index in [1.807, 2.05) is 0 Å². The van der Waals surface area contributed by atoms with Gasteiger partial charge < -0.3 is 25.8 Å². The van der Waals surface area contributed by atoms with Gasteiger partial charge in [0.2, 0.25) is 5.95 Å². The lowest BCUT2D eigenvalue weighted by molar-refractivity contribution is 0.253. The van der Waals surface area contributed by atoms with Crippen molar-refractivity contribution < 1.29 is 0 Å². The van der Waals surface area contributed by atoms with Crippen molar-refractivity contribution in [3.63, 3.8) is 0 Å². The summed E-state index contributed by atoms with van der Waals surface area (Å²) >= 11 is 0. The molecular weight excluding hydrogens is 556 g/mol. The molecule has 1 aliphatic heterocycles. The third-order valence-corrected chi connectivity index (χ3v) is 9.09. The first-order chi connectivity index (χ1) is 21.9. The Morgan fingerprint density at radius 3 is 2.13 bits per heavy atom. The highest BCUT2D eigenvalue weighted by molar-refractivity contribution is 5.55. The highest BCUT2D eigenvalue weighted by Gasteiger charge is 2.21. The molecule has 2 aromatic rings. The van der Waals surface area contributed by atoms with Crippen LogP contribution in [0.25, 0.3) is 0 Å². The molecule has 252 valence electrons. The number of anilines is 3. The molecule has 0 radical (unpaired) electrons. The van der Waals surface area contributed by atoms with Crippen molar-refractivity contribution in [2.45, 2.75) is 105 Å². The largest absolute Gasteiger partial charge is 0.356 e. The zero-order valence-electron chi connectivity index (χ0n) is 29.3. The van der Waals surface area contributed by atoms with Crippen LogP contribution in [-0.4, -0.2) is 79.8 Å². The zero-order chi connectivity index (χ0) is 31.9. The number of aromatic nitrogens is 2. The summed E-state index contributed by atoms with van der Waals surface area (Å²) in [6, 6.07) is 11.9. The van der Waals surface area contributed by atoms with E-state index in [0.717, 1.165) is 82.5 Å². The lowest BCUT2D eigenvalue weighted by Gasteiger charge is -2.36. The summed E-state index contributed by atoms with van der Waals surface area (Å²) in [6.45, 7) is 22.7. The number of benzene rings is 1. The van der Waals surface area contributed by atoms with E-state index in [1.54, 1.807) is 0 Å². The van der Waals surface area contributed by atoms with Crippen molar-refractivity contribution in [2.24, 2.45) is 11.8 Å². The van der Waals surface area contributed by atoms with Gasteiger partial charge in [-0.05, 0) is 68.3 Å². The van der Waals surface area contributed by atoms with Gasteiger partial charge in [-0.15, -0.1) is 0 Å². The Morgan fingerprint density at radius 1 is 0.822 bits per heavy atom. The number of hydrogen-bond donors (Lipinski definition) is 3. The minimum absolute atomic E-state index is 0.562. The fourth-order valence-electron chi connectivity index (χ4n) is 6.57. The Bertz CT molecular complexity index is 1060. The molecule has 45 heavy (non-hydrogen) atoms. The van der Waals surface area contributed by atoms with Crippen LogP contribution in [-0.2, 0) is 13.1 Å². The monoisotopic (exact) mass is 621 g/mol. The van der Waals surface area contributed by atoms with Gasteiger partial charge in [-0.2, -0.15) is 9.97 Å². The summed E-state index contributed by atoms with van der Waals surface area (Å²) in [5, 5.41) is 11.0. The van der Waals surface area contributed by atoms with E-state index in [4.69, 9.17) is 9.97 Å². The first-order valence-corrected chi connectivity index (χ1v) is 18.3. The molecule has 0 spiro atoms. The first kappa shape index (κ1) is 35.4. The second kappa shape index (κ2) is 19.3. The Kier molecular flexibility index (Phi) is 15.2. The maximum Gasteiger partial charge on any atom is 0.226 e. The molecule has 1 aromatic heterocycles. The molecule has 1 saturated heterocycles. The second-order valence-electron chi connectivity index (χ2n) is 14.3. The van der Waals surface area contributed by atoms with E-state index < -0.39 is 0 Å². The molecule has 2 fully saturated rings. The van der Waals surface area contributed by atoms with E-state index in [-0.39, 0.29) is 0 Å². The van der Waals surface area contributed by atoms with Gasteiger partial charge >= 0.3 is 0 Å². The van der Waals surface area contributed by atoms with Crippen LogP contribution >= 0.6 is 0 Å². The van der Waals surface area contributed by atoms with Gasteiger partial charge in [0.05, 0.1) is 0 Å². The van der Waals surface area contributed by atoms with Crippen molar-refractivity contribution in [3.05, 3.63) is 41.5 Å². The van der Waals surface area contributed by atoms with Crippen LogP contribution < -0.4 is 25.8 Å². The third-order valence-electron chi connectivity index (χ3n) is 9.09. The first-order valence-electron chi connectivity index (χ1n) is 18.3. The Morgan fingerprint density at radius 2 is 1.49 bits per heavy atom. The summed E-state index contributed by atoms with van der Waals surface area (Å²) in [4.78, 5) is 17.6. The lowest BCUT2D eigenvalue weighted by atomic mass is 9.95. The molecular formula is C37H64N8. The normalized spacial score (nSPS) is 16.6. The van der Waals surface area contributed by atoms with E-state index in [1.165, 1.54) is 69.0 Å². The van der Waals surface area contributed by atoms with Crippen LogP contribution in [0.1, 0.15) is 97.1 Å². The number of rotatable bonds is 19. The summed E-state index contributed by atoms with van der Waals surface area (Å²) in [5.41, 5.74) is 2.58. The van der Waals surface area contributed by atoms with E-state index >= 15 is 0 Å². The van der Waals surface area contributed by atoms with E-state index in [0.29, 0.717) is 18.4 Å². The molecule has 2 heterocycles. The minimum atomic E-state index is 0.562. The quantitative estimate of drug-likeness (QED) is 0.153. The van der Waals surface area contributed by atoms with Crippen molar-refractivity contribution in [1.29, 1.82) is 0 Å². The molecule has 8 nitrogen and oxygen atoms in total. The average molecular weight is 621 g/mol. The minimum Gasteiger partial charge on any atom is -0.356 e. The fourth-order valence-corrected chi connectivity index (χ4v) is 6.57. The molecule has 1 saturated carbocycles. The maximum atomic E-state index is 5.07. The van der Waals surface area contributed by atoms with Gasteiger partial charge in [0.15, 0.2) is 0 Å². The number of nitrogens with zero attached hydrogens (tertiary/aromatic N) is 5. The third kappa shape index (κ3) is 12.7. The van der Waals surface area contributed by atoms with Crippen molar-refractivity contribution in [1.82, 2.24) is 25.5 Å². The predicted octanol–water partition coefficient (Wildman–Crippen LogP) is 6.53. The molecule has 0 atom stereocenters. The van der Waals surface area contributed by atoms with Crippen molar-refractivity contribution >= 4 is 17.6 Å². The average Bonchev–Trinajstić information content (AvgIpc) is 3.05. The molecule has 1 aliphatic carbocycles. The van der Waals surface area contributed by atoms with E-state index in [2.05, 4.69) is 95.6 Å². The highest BCUT2D eigenvalue weighted by atomic mass is 15.3. The SMILES string of the molecule is CCCCN1CCN(c2cc(N(CC(C)C)CC(C)C)nc(NCc3ccc(CNCCCNC4CCCCC4)cc3)n2)CC1. The molecule has 3 N–H and O–H groups in total. The number of unbranched alkanes of at least 4 members (excludes halogenated alkanes) is 1. The Balaban J connectivity index is 1.32. The predicted molar refractivity (Wildman–Crippen MR) is 192 cm³/mol. The zero-order valence-corrected chi connectivity index (χ0v) is 29.3. The summed E-state index contributed by atoms with van der Waals surface area (Å²) in [5.74, 6) is 3.93. The highest BCUT2D eigenvalue weighted by Crippen LogP contribution is 2.25. The van der Waals surface area contributed by atoms with Gasteiger partial charge in [0.25, 0.3) is 0 Å². The number of piperazine rings is 1. The Hall–Kier alpha value is -2.42. The molecule has 0 bridgehead atoms. The van der Waals surface area contributed by atoms with Crippen LogP contribution in [0.4, 0.5) is 17.6 Å². The number of hydrogen-bond acceptors (Lipinski definition) is 8. The number of nitrogens with one attached hydrogen (secondary N) is 3. The van der Waals surface area contributed by atoms with Gasteiger partial charge in [-0.3, -0.25) is 4.90 Å². The van der Waals surface area contributed by atoms with Crippen LogP contribution in [0.5, 0.6) is 0 Å². The molecule has 4 rings (SSSR count). The molecule has 1 aromatic carbocycles. The van der Waals surface area contributed by atoms with Gasteiger partial charge in [0.1, 0.15) is 11.6 Å². The summed E-state index contributed by atoms with van der Waals surface area (Å²) < 4.78 is 0. The topological polar surface area (TPSA) is 71.6 Å². The molecule has 8 heteroatoms. The van der Waals surface area contributed by atoms with Crippen molar-refractivity contribution in [3.8, 4) is 0 Å². The van der Waals surface area contributed by atoms with Gasteiger partial charge in [-0.1, -0.05) is 84.6 Å². The van der Waals surface area contributed by atoms with Crippen molar-refractivity contribution in [2.75, 3.05) is 74.0 Å². The Labute approximate surface area is 275 Å². The summed E-state index contributed by atoms with van der Waals surface area (Å²) in [7, 11) is 0. The molecule has 2 aliphatic rings. The van der Waals surface area contributed by atoms with E-state index in [9.17, 15) is 0 Å². The lowest BCUT2D eigenvalue weighted by Crippen LogP contribution is -2.47. The van der Waals surface area contributed by atoms with Gasteiger partial charge in [-0.25, -0.2) is 0 Å². The van der Waals surface area contributed by atoms with Crippen LogP contribution in [0, 0.1) is 11.8 Å². The smallest absolute Gasteiger partial charge is 0.226 e. The molecule has 0 unspecified atom stereocenters. The van der Waals surface area contributed by atoms with Crippen LogP contribution in [0.15, 0.2) is 30.3 Å². The van der Waals surface area contributed by atoms with Crippen LogP contribution in [0.2, 0.25) is 0 Å². The maximum absolute atomic E-state index is 5.07. The molecule has 0 amide bonds. The van der Waals surface area contributed by atoms with Gasteiger partial charge in [0, 0.05) is 64.5 Å². The second-order valence-corrected chi connectivity index (χ2v) is 14.3.